The highest BCUT2D eigenvalue weighted by molar-refractivity contribution is 7.99. The number of amides is 1. The van der Waals surface area contributed by atoms with Crippen molar-refractivity contribution in [2.75, 3.05) is 19.3 Å². The van der Waals surface area contributed by atoms with E-state index >= 15 is 0 Å². The average Bonchev–Trinajstić information content (AvgIpc) is 3.03. The van der Waals surface area contributed by atoms with Crippen LogP contribution < -0.4 is 10.6 Å². The van der Waals surface area contributed by atoms with Gasteiger partial charge in [0.1, 0.15) is 0 Å². The zero-order valence-corrected chi connectivity index (χ0v) is 15.7. The predicted octanol–water partition coefficient (Wildman–Crippen LogP) is 3.35. The van der Waals surface area contributed by atoms with Crippen LogP contribution in [0.3, 0.4) is 0 Å². The Morgan fingerprint density at radius 1 is 1.29 bits per heavy atom. The van der Waals surface area contributed by atoms with Crippen LogP contribution in [-0.2, 0) is 17.1 Å². The molecule has 0 spiro atoms. The molecule has 0 radical (unpaired) electrons. The minimum atomic E-state index is -0.202. The molecule has 0 atom stereocenters. The Morgan fingerprint density at radius 3 is 2.83 bits per heavy atom. The van der Waals surface area contributed by atoms with Crippen LogP contribution >= 0.6 is 34.7 Å². The number of halogens is 1. The maximum Gasteiger partial charge on any atom is 0.261 e. The molecule has 1 amide bonds. The van der Waals surface area contributed by atoms with Crippen LogP contribution in [0.2, 0.25) is 5.02 Å². The zero-order valence-electron chi connectivity index (χ0n) is 13.3. The van der Waals surface area contributed by atoms with E-state index in [-0.39, 0.29) is 18.2 Å². The summed E-state index contributed by atoms with van der Waals surface area (Å²) in [4.78, 5) is 24.5. The second-order valence-electron chi connectivity index (χ2n) is 5.16. The summed E-state index contributed by atoms with van der Waals surface area (Å²) in [5, 5.41) is 8.36. The monoisotopic (exact) mass is 382 g/mol. The van der Waals surface area contributed by atoms with Gasteiger partial charge in [0.2, 0.25) is 0 Å². The van der Waals surface area contributed by atoms with Crippen LogP contribution in [0.15, 0.2) is 35.7 Å². The molecule has 0 saturated heterocycles. The number of hydrogen-bond acceptors (Lipinski definition) is 5. The number of ketones is 1. The number of rotatable bonds is 9. The zero-order chi connectivity index (χ0) is 17.4. The number of Topliss-reactive ketones (excluding diaryl/α,β-unsaturated/α-hetero) is 1. The van der Waals surface area contributed by atoms with Gasteiger partial charge in [-0.3, -0.25) is 9.59 Å². The standard InChI is InChI=1S/C17H19ClN2O2S2/c1-19-7-12-6-16(24-9-12)17(22)20-8-14(21)11-23-10-13-4-2-3-5-15(13)18/h2-6,9,19H,7-8,10-11H2,1H3,(H,20,22). The number of thiophene rings is 1. The number of thioether (sulfide) groups is 1. The number of hydrogen-bond donors (Lipinski definition) is 2. The lowest BCUT2D eigenvalue weighted by Gasteiger charge is -2.05. The first-order chi connectivity index (χ1) is 11.6. The maximum atomic E-state index is 12.0. The Balaban J connectivity index is 1.70. The number of nitrogens with one attached hydrogen (secondary N) is 2. The summed E-state index contributed by atoms with van der Waals surface area (Å²) >= 11 is 8.95. The van der Waals surface area contributed by atoms with Crippen molar-refractivity contribution in [1.82, 2.24) is 10.6 Å². The van der Waals surface area contributed by atoms with Crippen molar-refractivity contribution < 1.29 is 9.59 Å². The van der Waals surface area contributed by atoms with E-state index in [0.29, 0.717) is 21.4 Å². The third-order valence-electron chi connectivity index (χ3n) is 3.18. The highest BCUT2D eigenvalue weighted by Crippen LogP contribution is 2.20. The van der Waals surface area contributed by atoms with Gasteiger partial charge < -0.3 is 10.6 Å². The van der Waals surface area contributed by atoms with Gasteiger partial charge >= 0.3 is 0 Å². The second-order valence-corrected chi connectivity index (χ2v) is 7.46. The molecule has 2 N–H and O–H groups in total. The van der Waals surface area contributed by atoms with E-state index in [9.17, 15) is 9.59 Å². The van der Waals surface area contributed by atoms with Gasteiger partial charge in [0.15, 0.2) is 5.78 Å². The molecule has 128 valence electrons. The third-order valence-corrected chi connectivity index (χ3v) is 5.57. The highest BCUT2D eigenvalue weighted by Gasteiger charge is 2.11. The van der Waals surface area contributed by atoms with Crippen molar-refractivity contribution in [2.45, 2.75) is 12.3 Å². The molecule has 4 nitrogen and oxygen atoms in total. The van der Waals surface area contributed by atoms with Crippen molar-refractivity contribution in [2.24, 2.45) is 0 Å². The van der Waals surface area contributed by atoms with Crippen LogP contribution in [-0.4, -0.2) is 31.0 Å². The van der Waals surface area contributed by atoms with Crippen LogP contribution in [0.1, 0.15) is 20.8 Å². The van der Waals surface area contributed by atoms with Crippen molar-refractivity contribution >= 4 is 46.4 Å². The van der Waals surface area contributed by atoms with Crippen molar-refractivity contribution in [1.29, 1.82) is 0 Å². The minimum absolute atomic E-state index is 0.00703. The Hall–Kier alpha value is -1.34. The summed E-state index contributed by atoms with van der Waals surface area (Å²) in [6, 6.07) is 9.42. The fraction of sp³-hybridized carbons (Fsp3) is 0.294. The average molecular weight is 383 g/mol. The summed E-state index contributed by atoms with van der Waals surface area (Å²) in [6.07, 6.45) is 0. The van der Waals surface area contributed by atoms with E-state index < -0.39 is 0 Å². The summed E-state index contributed by atoms with van der Waals surface area (Å²) in [5.74, 6) is 0.817. The fourth-order valence-electron chi connectivity index (χ4n) is 2.00. The number of carbonyl (C=O) groups excluding carboxylic acids is 2. The molecule has 1 aromatic heterocycles. The molecule has 0 saturated carbocycles. The largest absolute Gasteiger partial charge is 0.344 e. The lowest BCUT2D eigenvalue weighted by Crippen LogP contribution is -2.29. The molecule has 2 rings (SSSR count). The SMILES string of the molecule is CNCc1csc(C(=O)NCC(=O)CSCc2ccccc2Cl)c1. The second kappa shape index (κ2) is 9.84. The Morgan fingerprint density at radius 2 is 2.08 bits per heavy atom. The summed E-state index contributed by atoms with van der Waals surface area (Å²) in [5.41, 5.74) is 2.07. The maximum absolute atomic E-state index is 12.0. The molecule has 1 aromatic carbocycles. The highest BCUT2D eigenvalue weighted by atomic mass is 35.5. The molecule has 0 fully saturated rings. The topological polar surface area (TPSA) is 58.2 Å². The van der Waals surface area contributed by atoms with Crippen LogP contribution in [0.5, 0.6) is 0 Å². The van der Waals surface area contributed by atoms with Crippen molar-refractivity contribution in [3.8, 4) is 0 Å². The van der Waals surface area contributed by atoms with E-state index in [2.05, 4.69) is 10.6 Å². The Bertz CT molecular complexity index is 703. The third kappa shape index (κ3) is 5.94. The van der Waals surface area contributed by atoms with Gasteiger partial charge in [0, 0.05) is 17.3 Å². The van der Waals surface area contributed by atoms with E-state index in [4.69, 9.17) is 11.6 Å². The van der Waals surface area contributed by atoms with Gasteiger partial charge in [-0.05, 0) is 35.7 Å². The number of carbonyl (C=O) groups is 2. The lowest BCUT2D eigenvalue weighted by molar-refractivity contribution is -0.115. The van der Waals surface area contributed by atoms with E-state index in [1.807, 2.05) is 42.8 Å². The van der Waals surface area contributed by atoms with Gasteiger partial charge in [-0.1, -0.05) is 29.8 Å². The molecule has 0 aliphatic rings. The van der Waals surface area contributed by atoms with Gasteiger partial charge in [-0.2, -0.15) is 0 Å². The van der Waals surface area contributed by atoms with Crippen LogP contribution in [0.25, 0.3) is 0 Å². The summed E-state index contributed by atoms with van der Waals surface area (Å²) in [6.45, 7) is 0.773. The van der Waals surface area contributed by atoms with Gasteiger partial charge in [0.25, 0.3) is 5.91 Å². The Labute approximate surface area is 155 Å². The molecule has 7 heteroatoms. The predicted molar refractivity (Wildman–Crippen MR) is 102 cm³/mol. The Kier molecular flexibility index (Phi) is 7.78. The van der Waals surface area contributed by atoms with E-state index in [1.54, 1.807) is 0 Å². The first-order valence-corrected chi connectivity index (χ1v) is 9.84. The van der Waals surface area contributed by atoms with Crippen molar-refractivity contribution in [3.63, 3.8) is 0 Å². The molecule has 0 aliphatic carbocycles. The van der Waals surface area contributed by atoms with E-state index in [0.717, 1.165) is 17.7 Å². The molecule has 0 bridgehead atoms. The lowest BCUT2D eigenvalue weighted by atomic mass is 10.2. The molecule has 2 aromatic rings. The first-order valence-electron chi connectivity index (χ1n) is 7.43. The van der Waals surface area contributed by atoms with Crippen LogP contribution in [0, 0.1) is 0 Å². The smallest absolute Gasteiger partial charge is 0.261 e. The van der Waals surface area contributed by atoms with E-state index in [1.165, 1.54) is 23.1 Å². The van der Waals surface area contributed by atoms with Gasteiger partial charge in [0.05, 0.1) is 17.2 Å². The fourth-order valence-corrected chi connectivity index (χ4v) is 4.01. The van der Waals surface area contributed by atoms with Crippen molar-refractivity contribution in [3.05, 3.63) is 56.7 Å². The minimum Gasteiger partial charge on any atom is -0.344 e. The molecular weight excluding hydrogens is 364 g/mol. The van der Waals surface area contributed by atoms with Crippen LogP contribution in [0.4, 0.5) is 0 Å². The van der Waals surface area contributed by atoms with Gasteiger partial charge in [-0.25, -0.2) is 0 Å². The van der Waals surface area contributed by atoms with Gasteiger partial charge in [-0.15, -0.1) is 23.1 Å². The normalized spacial score (nSPS) is 10.6. The number of benzene rings is 1. The summed E-state index contributed by atoms with van der Waals surface area (Å²) in [7, 11) is 1.86. The molecule has 1 heterocycles. The molecule has 0 unspecified atom stereocenters. The quantitative estimate of drug-likeness (QED) is 0.698. The molecule has 24 heavy (non-hydrogen) atoms. The summed E-state index contributed by atoms with van der Waals surface area (Å²) < 4.78 is 0. The molecular formula is C17H19ClN2O2S2. The molecule has 0 aliphatic heterocycles. The first kappa shape index (κ1) is 19.0.